The molecule has 1 saturated heterocycles. The first kappa shape index (κ1) is 18.7. The van der Waals surface area contributed by atoms with E-state index in [9.17, 15) is 4.79 Å². The van der Waals surface area contributed by atoms with Crippen LogP contribution in [0.3, 0.4) is 0 Å². The molecule has 0 bridgehead atoms. The van der Waals surface area contributed by atoms with Crippen molar-refractivity contribution in [2.45, 2.75) is 25.7 Å². The van der Waals surface area contributed by atoms with Gasteiger partial charge in [0.25, 0.3) is 5.91 Å². The second-order valence-electron chi connectivity index (χ2n) is 7.82. The summed E-state index contributed by atoms with van der Waals surface area (Å²) in [4.78, 5) is 15.4. The van der Waals surface area contributed by atoms with Crippen LogP contribution in [0, 0.1) is 0 Å². The highest BCUT2D eigenvalue weighted by atomic mass is 16.5. The number of hydrogen-bond donors (Lipinski definition) is 0. The van der Waals surface area contributed by atoms with Gasteiger partial charge in [0.15, 0.2) is 17.2 Å². The van der Waals surface area contributed by atoms with Gasteiger partial charge in [-0.2, -0.15) is 5.10 Å². The number of ether oxygens (including phenoxy) is 2. The highest BCUT2D eigenvalue weighted by Gasteiger charge is 2.34. The number of fused-ring (bicyclic) bond motifs is 3. The van der Waals surface area contributed by atoms with E-state index < -0.39 is 0 Å². The Labute approximate surface area is 176 Å². The standard InChI is InChI=1S/C24H25N3O3/c1-29-20-14-16-13-19-22(24(28)26-11-7-4-8-12-26)25-27(17-9-5-3-6-10-17)23(19)18(16)15-21(20)30-2/h3,5-6,9-10,14-15H,4,7-8,11-13H2,1-2H3. The molecule has 1 aromatic heterocycles. The predicted octanol–water partition coefficient (Wildman–Crippen LogP) is 4.09. The Kier molecular flexibility index (Phi) is 4.69. The van der Waals surface area contributed by atoms with Crippen molar-refractivity contribution in [2.75, 3.05) is 27.3 Å². The van der Waals surface area contributed by atoms with Crippen LogP contribution in [0.5, 0.6) is 11.5 Å². The lowest BCUT2D eigenvalue weighted by molar-refractivity contribution is 0.0717. The lowest BCUT2D eigenvalue weighted by Gasteiger charge is -2.26. The molecule has 1 fully saturated rings. The van der Waals surface area contributed by atoms with Crippen molar-refractivity contribution in [2.24, 2.45) is 0 Å². The summed E-state index contributed by atoms with van der Waals surface area (Å²) in [6.45, 7) is 1.61. The lowest BCUT2D eigenvalue weighted by atomic mass is 10.1. The maximum absolute atomic E-state index is 13.4. The average Bonchev–Trinajstić information content (AvgIpc) is 3.35. The molecule has 0 saturated carbocycles. The molecule has 1 aliphatic heterocycles. The molecule has 2 heterocycles. The van der Waals surface area contributed by atoms with E-state index >= 15 is 0 Å². The van der Waals surface area contributed by atoms with Gasteiger partial charge in [-0.05, 0) is 49.1 Å². The van der Waals surface area contributed by atoms with Gasteiger partial charge in [0.1, 0.15) is 0 Å². The van der Waals surface area contributed by atoms with Gasteiger partial charge < -0.3 is 14.4 Å². The largest absolute Gasteiger partial charge is 0.493 e. The van der Waals surface area contributed by atoms with Gasteiger partial charge in [-0.15, -0.1) is 0 Å². The van der Waals surface area contributed by atoms with E-state index in [0.29, 0.717) is 23.6 Å². The molecule has 1 aliphatic carbocycles. The molecule has 0 atom stereocenters. The van der Waals surface area contributed by atoms with E-state index in [1.807, 2.05) is 52.0 Å². The molecule has 0 unspecified atom stereocenters. The number of nitrogens with zero attached hydrogens (tertiary/aromatic N) is 3. The quantitative estimate of drug-likeness (QED) is 0.515. The highest BCUT2D eigenvalue weighted by molar-refractivity contribution is 5.97. The molecule has 5 rings (SSSR count). The van der Waals surface area contributed by atoms with Crippen LogP contribution in [0.4, 0.5) is 0 Å². The summed E-state index contributed by atoms with van der Waals surface area (Å²) >= 11 is 0. The maximum atomic E-state index is 13.4. The number of carbonyl (C=O) groups excluding carboxylic acids is 1. The third-order valence-corrected chi connectivity index (χ3v) is 6.06. The van der Waals surface area contributed by atoms with E-state index in [-0.39, 0.29) is 5.91 Å². The van der Waals surface area contributed by atoms with Crippen molar-refractivity contribution < 1.29 is 14.3 Å². The second-order valence-corrected chi connectivity index (χ2v) is 7.82. The molecule has 154 valence electrons. The molecule has 1 amide bonds. The smallest absolute Gasteiger partial charge is 0.274 e. The number of benzene rings is 2. The Hall–Kier alpha value is -3.28. The summed E-state index contributed by atoms with van der Waals surface area (Å²) in [5, 5.41) is 4.83. The van der Waals surface area contributed by atoms with Crippen LogP contribution in [0.1, 0.15) is 40.9 Å². The van der Waals surface area contributed by atoms with Crippen LogP contribution in [0.25, 0.3) is 16.9 Å². The Morgan fingerprint density at radius 2 is 1.67 bits per heavy atom. The Morgan fingerprint density at radius 3 is 2.37 bits per heavy atom. The number of rotatable bonds is 4. The van der Waals surface area contributed by atoms with Crippen LogP contribution < -0.4 is 9.47 Å². The van der Waals surface area contributed by atoms with Crippen LogP contribution in [-0.4, -0.2) is 47.9 Å². The summed E-state index contributed by atoms with van der Waals surface area (Å²) in [7, 11) is 3.28. The molecule has 0 spiro atoms. The van der Waals surface area contributed by atoms with Crippen LogP contribution in [0.2, 0.25) is 0 Å². The fourth-order valence-electron chi connectivity index (χ4n) is 4.55. The zero-order valence-electron chi connectivity index (χ0n) is 17.4. The fraction of sp³-hybridized carbons (Fsp3) is 0.333. The molecule has 0 N–H and O–H groups in total. The molecule has 2 aromatic carbocycles. The Bertz CT molecular complexity index is 1100. The SMILES string of the molecule is COc1cc2c(cc1OC)-c1c(c(C(=O)N3CCCCC3)nn1-c1ccccc1)C2. The zero-order chi connectivity index (χ0) is 20.7. The van der Waals surface area contributed by atoms with Gasteiger partial charge >= 0.3 is 0 Å². The van der Waals surface area contributed by atoms with Crippen molar-refractivity contribution in [1.29, 1.82) is 0 Å². The number of carbonyl (C=O) groups is 1. The van der Waals surface area contributed by atoms with Gasteiger partial charge in [0.2, 0.25) is 0 Å². The van der Waals surface area contributed by atoms with E-state index in [1.165, 1.54) is 6.42 Å². The third-order valence-electron chi connectivity index (χ3n) is 6.06. The van der Waals surface area contributed by atoms with Crippen molar-refractivity contribution in [3.8, 4) is 28.4 Å². The summed E-state index contributed by atoms with van der Waals surface area (Å²) in [5.74, 6) is 1.41. The number of para-hydroxylation sites is 1. The average molecular weight is 403 g/mol. The van der Waals surface area contributed by atoms with E-state index in [4.69, 9.17) is 14.6 Å². The van der Waals surface area contributed by atoms with Crippen molar-refractivity contribution in [1.82, 2.24) is 14.7 Å². The normalized spacial score (nSPS) is 14.9. The van der Waals surface area contributed by atoms with Gasteiger partial charge in [-0.25, -0.2) is 4.68 Å². The van der Waals surface area contributed by atoms with Gasteiger partial charge in [0, 0.05) is 30.6 Å². The van der Waals surface area contributed by atoms with Crippen LogP contribution >= 0.6 is 0 Å². The minimum absolute atomic E-state index is 0.0346. The summed E-state index contributed by atoms with van der Waals surface area (Å²) < 4.78 is 13.0. The fourth-order valence-corrected chi connectivity index (χ4v) is 4.55. The number of likely N-dealkylation sites (tertiary alicyclic amines) is 1. The number of methoxy groups -OCH3 is 2. The third kappa shape index (κ3) is 2.95. The van der Waals surface area contributed by atoms with E-state index in [0.717, 1.165) is 54.0 Å². The van der Waals surface area contributed by atoms with E-state index in [2.05, 4.69) is 0 Å². The molecule has 6 heteroatoms. The van der Waals surface area contributed by atoms with E-state index in [1.54, 1.807) is 14.2 Å². The van der Waals surface area contributed by atoms with Gasteiger partial charge in [-0.3, -0.25) is 4.79 Å². The summed E-state index contributed by atoms with van der Waals surface area (Å²) in [6, 6.07) is 14.0. The molecular weight excluding hydrogens is 378 g/mol. The van der Waals surface area contributed by atoms with Crippen LogP contribution in [0.15, 0.2) is 42.5 Å². The van der Waals surface area contributed by atoms with Gasteiger partial charge in [0.05, 0.1) is 25.6 Å². The molecule has 2 aliphatic rings. The minimum Gasteiger partial charge on any atom is -0.493 e. The number of aromatic nitrogens is 2. The van der Waals surface area contributed by atoms with Crippen molar-refractivity contribution in [3.63, 3.8) is 0 Å². The van der Waals surface area contributed by atoms with Crippen molar-refractivity contribution in [3.05, 3.63) is 59.3 Å². The number of piperidine rings is 1. The Balaban J connectivity index is 1.68. The van der Waals surface area contributed by atoms with Crippen molar-refractivity contribution >= 4 is 5.91 Å². The molecule has 6 nitrogen and oxygen atoms in total. The maximum Gasteiger partial charge on any atom is 0.274 e. The lowest BCUT2D eigenvalue weighted by Crippen LogP contribution is -2.36. The van der Waals surface area contributed by atoms with Gasteiger partial charge in [-0.1, -0.05) is 18.2 Å². The zero-order valence-corrected chi connectivity index (χ0v) is 17.4. The minimum atomic E-state index is 0.0346. The monoisotopic (exact) mass is 403 g/mol. The molecule has 30 heavy (non-hydrogen) atoms. The van der Waals surface area contributed by atoms with Crippen LogP contribution in [-0.2, 0) is 6.42 Å². The summed E-state index contributed by atoms with van der Waals surface area (Å²) in [5.41, 5.74) is 5.62. The second kappa shape index (κ2) is 7.52. The molecule has 3 aromatic rings. The first-order valence-electron chi connectivity index (χ1n) is 10.4. The first-order chi connectivity index (χ1) is 14.7. The topological polar surface area (TPSA) is 56.6 Å². The predicted molar refractivity (Wildman–Crippen MR) is 115 cm³/mol. The summed E-state index contributed by atoms with van der Waals surface area (Å²) in [6.07, 6.45) is 3.96. The highest BCUT2D eigenvalue weighted by Crippen LogP contribution is 2.45. The Morgan fingerprint density at radius 1 is 0.967 bits per heavy atom. The first-order valence-corrected chi connectivity index (χ1v) is 10.4. The number of amides is 1. The molecule has 0 radical (unpaired) electrons. The molecular formula is C24H25N3O3. The number of hydrogen-bond acceptors (Lipinski definition) is 4.